The van der Waals surface area contributed by atoms with Gasteiger partial charge < -0.3 is 29.7 Å². The SMILES string of the molecule is COc1cc(N2CCC(N3CCCCC3)CC2)c(-c2cnn(C)c2)cc1Nc1ncc(Br)c(Nc2ccc(-c3ccccc3)c(C)c2P(C)(C)=O)n1. The van der Waals surface area contributed by atoms with Crippen molar-refractivity contribution < 1.29 is 9.30 Å². The van der Waals surface area contributed by atoms with E-state index in [0.29, 0.717) is 28.0 Å². The molecule has 0 spiro atoms. The minimum atomic E-state index is -2.70. The maximum Gasteiger partial charge on any atom is 0.229 e. The summed E-state index contributed by atoms with van der Waals surface area (Å²) in [7, 11) is 0.942. The standard InChI is InChI=1S/C40H48BrN8O2P/c1-27-31(28-12-8-6-9-13-28)14-15-34(38(27)52(4,5)50)44-39-33(41)25-42-40(46-39)45-35-22-32(29-24-43-47(2)26-29)36(23-37(35)51-3)49-20-16-30(17-21-49)48-18-10-7-11-19-48/h6,8-9,12-15,22-26,30H,7,10-11,16-21H2,1-5H3,(H2,42,44,45,46). The van der Waals surface area contributed by atoms with Crippen molar-refractivity contribution in [1.82, 2.24) is 24.6 Å². The Morgan fingerprint density at radius 1 is 0.885 bits per heavy atom. The maximum absolute atomic E-state index is 13.8. The third-order valence-electron chi connectivity index (χ3n) is 10.3. The van der Waals surface area contributed by atoms with Crippen molar-refractivity contribution >= 4 is 57.2 Å². The monoisotopic (exact) mass is 782 g/mol. The minimum absolute atomic E-state index is 0.395. The summed E-state index contributed by atoms with van der Waals surface area (Å²) in [5.74, 6) is 1.65. The summed E-state index contributed by atoms with van der Waals surface area (Å²) in [4.78, 5) is 14.7. The number of halogens is 1. The first kappa shape index (κ1) is 36.2. The molecule has 7 rings (SSSR count). The Kier molecular flexibility index (Phi) is 10.7. The fourth-order valence-corrected chi connectivity index (χ4v) is 9.76. The van der Waals surface area contributed by atoms with E-state index in [2.05, 4.69) is 83.0 Å². The van der Waals surface area contributed by atoms with E-state index in [9.17, 15) is 4.57 Å². The summed E-state index contributed by atoms with van der Waals surface area (Å²) in [6, 6.07) is 19.2. The first-order chi connectivity index (χ1) is 25.1. The summed E-state index contributed by atoms with van der Waals surface area (Å²) in [6.45, 7) is 10.1. The number of ether oxygens (including phenoxy) is 1. The van der Waals surface area contributed by atoms with E-state index in [4.69, 9.17) is 9.72 Å². The van der Waals surface area contributed by atoms with Crippen molar-refractivity contribution in [1.29, 1.82) is 0 Å². The number of nitrogens with zero attached hydrogens (tertiary/aromatic N) is 6. The van der Waals surface area contributed by atoms with Gasteiger partial charge in [-0.15, -0.1) is 0 Å². The van der Waals surface area contributed by atoms with Crippen LogP contribution >= 0.6 is 23.1 Å². The molecule has 0 amide bonds. The fourth-order valence-electron chi connectivity index (χ4n) is 7.83. The van der Waals surface area contributed by atoms with Crippen molar-refractivity contribution in [2.24, 2.45) is 7.05 Å². The Labute approximate surface area is 315 Å². The topological polar surface area (TPSA) is 100 Å². The lowest BCUT2D eigenvalue weighted by Gasteiger charge is -2.41. The average molecular weight is 784 g/mol. The zero-order valence-corrected chi connectivity index (χ0v) is 33.2. The molecule has 272 valence electrons. The molecule has 2 saturated heterocycles. The van der Waals surface area contributed by atoms with Crippen molar-refractivity contribution in [2.75, 3.05) is 62.2 Å². The minimum Gasteiger partial charge on any atom is -0.494 e. The van der Waals surface area contributed by atoms with Crippen molar-refractivity contribution in [3.63, 3.8) is 0 Å². The normalized spacial score (nSPS) is 15.8. The Balaban J connectivity index is 1.19. The van der Waals surface area contributed by atoms with Gasteiger partial charge in [-0.3, -0.25) is 4.68 Å². The number of methoxy groups -OCH3 is 1. The van der Waals surface area contributed by atoms with E-state index in [1.54, 1.807) is 13.3 Å². The molecule has 0 atom stereocenters. The Morgan fingerprint density at radius 3 is 2.31 bits per heavy atom. The molecule has 2 aliphatic heterocycles. The lowest BCUT2D eigenvalue weighted by molar-refractivity contribution is 0.141. The van der Waals surface area contributed by atoms with Crippen LogP contribution in [0.15, 0.2) is 77.7 Å². The lowest BCUT2D eigenvalue weighted by atomic mass is 9.97. The Hall–Kier alpha value is -4.18. The van der Waals surface area contributed by atoms with Gasteiger partial charge in [0.15, 0.2) is 0 Å². The second kappa shape index (κ2) is 15.4. The van der Waals surface area contributed by atoms with E-state index in [-0.39, 0.29) is 0 Å². The number of hydrogen-bond donors (Lipinski definition) is 2. The van der Waals surface area contributed by atoms with Gasteiger partial charge in [-0.05, 0) is 104 Å². The van der Waals surface area contributed by atoms with Crippen LogP contribution in [-0.2, 0) is 11.6 Å². The highest BCUT2D eigenvalue weighted by atomic mass is 79.9. The molecule has 10 nitrogen and oxygen atoms in total. The lowest BCUT2D eigenvalue weighted by Crippen LogP contribution is -2.46. The third-order valence-corrected chi connectivity index (χ3v) is 12.6. The molecule has 4 heterocycles. The number of aromatic nitrogens is 4. The number of nitrogens with one attached hydrogen (secondary N) is 2. The van der Waals surface area contributed by atoms with Gasteiger partial charge in [0, 0.05) is 66.8 Å². The fraction of sp³-hybridized carbons (Fsp3) is 0.375. The van der Waals surface area contributed by atoms with Crippen LogP contribution in [0.5, 0.6) is 5.75 Å². The molecular formula is C40H48BrN8O2P. The molecule has 52 heavy (non-hydrogen) atoms. The predicted octanol–water partition coefficient (Wildman–Crippen LogP) is 8.81. The number of rotatable bonds is 10. The van der Waals surface area contributed by atoms with Crippen molar-refractivity contribution in [3.8, 4) is 28.0 Å². The molecule has 0 aliphatic carbocycles. The van der Waals surface area contributed by atoms with Crippen LogP contribution in [0.2, 0.25) is 0 Å². The largest absolute Gasteiger partial charge is 0.494 e. The number of likely N-dealkylation sites (tertiary alicyclic amines) is 1. The van der Waals surface area contributed by atoms with Crippen LogP contribution in [0.3, 0.4) is 0 Å². The van der Waals surface area contributed by atoms with Crippen LogP contribution in [0.4, 0.5) is 28.8 Å². The van der Waals surface area contributed by atoms with E-state index >= 15 is 0 Å². The highest BCUT2D eigenvalue weighted by Crippen LogP contribution is 2.44. The number of aryl methyl sites for hydroxylation is 1. The molecule has 0 saturated carbocycles. The number of hydrogen-bond acceptors (Lipinski definition) is 9. The second-order valence-corrected chi connectivity index (χ2v) is 18.3. The predicted molar refractivity (Wildman–Crippen MR) is 218 cm³/mol. The Bertz CT molecular complexity index is 2090. The van der Waals surface area contributed by atoms with Gasteiger partial charge in [0.25, 0.3) is 0 Å². The molecule has 2 aliphatic rings. The Morgan fingerprint density at radius 2 is 1.63 bits per heavy atom. The average Bonchev–Trinajstić information content (AvgIpc) is 3.59. The zero-order chi connectivity index (χ0) is 36.4. The molecule has 0 bridgehead atoms. The summed E-state index contributed by atoms with van der Waals surface area (Å²) < 4.78 is 22.3. The number of benzene rings is 3. The second-order valence-electron chi connectivity index (χ2n) is 14.3. The van der Waals surface area contributed by atoms with Gasteiger partial charge in [-0.1, -0.05) is 42.8 Å². The molecule has 0 unspecified atom stereocenters. The summed E-state index contributed by atoms with van der Waals surface area (Å²) in [5, 5.41) is 12.2. The van der Waals surface area contributed by atoms with E-state index in [1.165, 1.54) is 32.4 Å². The highest BCUT2D eigenvalue weighted by Gasteiger charge is 2.28. The maximum atomic E-state index is 13.8. The van der Waals surface area contributed by atoms with Crippen molar-refractivity contribution in [3.05, 3.63) is 83.2 Å². The highest BCUT2D eigenvalue weighted by molar-refractivity contribution is 9.10. The molecular weight excluding hydrogens is 735 g/mol. The van der Waals surface area contributed by atoms with Crippen LogP contribution in [0.25, 0.3) is 22.3 Å². The number of piperidine rings is 2. The van der Waals surface area contributed by atoms with Crippen LogP contribution in [-0.4, -0.2) is 77.3 Å². The first-order valence-electron chi connectivity index (χ1n) is 18.1. The van der Waals surface area contributed by atoms with Gasteiger partial charge in [-0.25, -0.2) is 4.98 Å². The molecule has 2 N–H and O–H groups in total. The first-order valence-corrected chi connectivity index (χ1v) is 21.5. The summed E-state index contributed by atoms with van der Waals surface area (Å²) in [6.07, 6.45) is 12.0. The van der Waals surface area contributed by atoms with Gasteiger partial charge in [-0.2, -0.15) is 10.1 Å². The zero-order valence-electron chi connectivity index (χ0n) is 30.7. The van der Waals surface area contributed by atoms with E-state index in [1.807, 2.05) is 62.4 Å². The van der Waals surface area contributed by atoms with Crippen LogP contribution in [0, 0.1) is 6.92 Å². The van der Waals surface area contributed by atoms with Gasteiger partial charge in [0.1, 0.15) is 18.7 Å². The van der Waals surface area contributed by atoms with Crippen molar-refractivity contribution in [2.45, 2.75) is 45.1 Å². The molecule has 0 radical (unpaired) electrons. The smallest absolute Gasteiger partial charge is 0.229 e. The summed E-state index contributed by atoms with van der Waals surface area (Å²) >= 11 is 3.65. The number of anilines is 5. The van der Waals surface area contributed by atoms with Gasteiger partial charge in [0.05, 0.1) is 29.2 Å². The third kappa shape index (κ3) is 7.77. The van der Waals surface area contributed by atoms with Gasteiger partial charge >= 0.3 is 0 Å². The molecule has 2 aromatic heterocycles. The van der Waals surface area contributed by atoms with Gasteiger partial charge in [0.2, 0.25) is 5.95 Å². The van der Waals surface area contributed by atoms with E-state index < -0.39 is 7.14 Å². The molecule has 3 aromatic carbocycles. The molecule has 2 fully saturated rings. The van der Waals surface area contributed by atoms with Crippen LogP contribution < -0.4 is 25.6 Å². The molecule has 12 heteroatoms. The molecule has 5 aromatic rings. The summed E-state index contributed by atoms with van der Waals surface area (Å²) in [5.41, 5.74) is 7.87. The van der Waals surface area contributed by atoms with E-state index in [0.717, 1.165) is 76.1 Å². The van der Waals surface area contributed by atoms with Crippen LogP contribution in [0.1, 0.15) is 37.7 Å². The quantitative estimate of drug-likeness (QED) is 0.135.